The van der Waals surface area contributed by atoms with Crippen LogP contribution >= 0.6 is 0 Å². The lowest BCUT2D eigenvalue weighted by Crippen LogP contribution is -2.53. The molecular formula is C19H20N6O. The minimum Gasteiger partial charge on any atom is -0.323 e. The maximum atomic E-state index is 12.6. The molecule has 0 saturated carbocycles. The van der Waals surface area contributed by atoms with Gasteiger partial charge in [0.2, 0.25) is 5.91 Å². The lowest BCUT2D eigenvalue weighted by atomic mass is 10.0. The van der Waals surface area contributed by atoms with Gasteiger partial charge in [-0.05, 0) is 18.1 Å². The van der Waals surface area contributed by atoms with Crippen molar-refractivity contribution in [2.45, 2.75) is 19.0 Å². The van der Waals surface area contributed by atoms with Gasteiger partial charge < -0.3 is 9.88 Å². The van der Waals surface area contributed by atoms with E-state index in [1.807, 2.05) is 35.9 Å². The van der Waals surface area contributed by atoms with Crippen molar-refractivity contribution in [1.82, 2.24) is 24.6 Å². The molecule has 7 heteroatoms. The molecule has 0 radical (unpaired) electrons. The highest BCUT2D eigenvalue weighted by Gasteiger charge is 2.34. The molecule has 0 spiro atoms. The van der Waals surface area contributed by atoms with Gasteiger partial charge in [-0.3, -0.25) is 14.7 Å². The first-order chi connectivity index (χ1) is 12.7. The Morgan fingerprint density at radius 3 is 2.81 bits per heavy atom. The van der Waals surface area contributed by atoms with E-state index in [2.05, 4.69) is 37.5 Å². The number of aromatic nitrogens is 4. The first-order valence-corrected chi connectivity index (χ1v) is 8.59. The van der Waals surface area contributed by atoms with Crippen molar-refractivity contribution in [3.63, 3.8) is 0 Å². The summed E-state index contributed by atoms with van der Waals surface area (Å²) >= 11 is 0. The second kappa shape index (κ2) is 7.05. The van der Waals surface area contributed by atoms with E-state index in [4.69, 9.17) is 0 Å². The molecule has 7 nitrogen and oxygen atoms in total. The van der Waals surface area contributed by atoms with Crippen molar-refractivity contribution in [3.05, 3.63) is 60.7 Å². The second-order valence-corrected chi connectivity index (χ2v) is 6.48. The molecular weight excluding hydrogens is 328 g/mol. The van der Waals surface area contributed by atoms with Gasteiger partial charge in [0, 0.05) is 31.9 Å². The summed E-state index contributed by atoms with van der Waals surface area (Å²) < 4.78 is 1.82. The Kier molecular flexibility index (Phi) is 4.45. The van der Waals surface area contributed by atoms with Crippen LogP contribution in [0.5, 0.6) is 0 Å². The molecule has 1 aliphatic heterocycles. The summed E-state index contributed by atoms with van der Waals surface area (Å²) in [5.41, 5.74) is 2.70. The molecule has 3 heterocycles. The van der Waals surface area contributed by atoms with Gasteiger partial charge in [0.15, 0.2) is 5.82 Å². The molecule has 1 aliphatic rings. The molecule has 4 rings (SSSR count). The molecule has 1 fully saturated rings. The normalized spacial score (nSPS) is 16.9. The Bertz CT molecular complexity index is 907. The van der Waals surface area contributed by atoms with Gasteiger partial charge in [0.1, 0.15) is 6.33 Å². The number of pyridine rings is 1. The average molecular weight is 348 g/mol. The zero-order chi connectivity index (χ0) is 17.9. The maximum absolute atomic E-state index is 12.6. The smallest absolute Gasteiger partial charge is 0.241 e. The minimum atomic E-state index is -0.103. The first-order valence-electron chi connectivity index (χ1n) is 8.59. The predicted molar refractivity (Wildman–Crippen MR) is 98.1 cm³/mol. The number of hydrogen-bond acceptors (Lipinski definition) is 5. The summed E-state index contributed by atoms with van der Waals surface area (Å²) in [5, 5.41) is 10.9. The van der Waals surface area contributed by atoms with E-state index in [1.165, 1.54) is 5.56 Å². The third-order valence-electron chi connectivity index (χ3n) is 4.64. The molecule has 2 aromatic heterocycles. The van der Waals surface area contributed by atoms with Gasteiger partial charge in [0.05, 0.1) is 17.9 Å². The van der Waals surface area contributed by atoms with Crippen LogP contribution in [0.3, 0.4) is 0 Å². The van der Waals surface area contributed by atoms with Crippen molar-refractivity contribution in [2.75, 3.05) is 11.9 Å². The summed E-state index contributed by atoms with van der Waals surface area (Å²) in [5.74, 6) is 0.715. The minimum absolute atomic E-state index is 0.00379. The number of carbonyl (C=O) groups excluding carboxylic acids is 1. The molecule has 3 aromatic rings. The SMILES string of the molecule is Cn1cnnc1-c1cncc(NC(=O)C2CCN2Cc2ccccc2)c1. The fourth-order valence-electron chi connectivity index (χ4n) is 3.15. The molecule has 1 aromatic carbocycles. The second-order valence-electron chi connectivity index (χ2n) is 6.48. The molecule has 26 heavy (non-hydrogen) atoms. The van der Waals surface area contributed by atoms with Gasteiger partial charge in [-0.25, -0.2) is 0 Å². The highest BCUT2D eigenvalue weighted by molar-refractivity contribution is 5.95. The van der Waals surface area contributed by atoms with Crippen LogP contribution < -0.4 is 5.32 Å². The lowest BCUT2D eigenvalue weighted by molar-refractivity contribution is -0.125. The number of benzene rings is 1. The van der Waals surface area contributed by atoms with Gasteiger partial charge in [0.25, 0.3) is 0 Å². The van der Waals surface area contributed by atoms with Crippen LogP contribution in [0.4, 0.5) is 5.69 Å². The van der Waals surface area contributed by atoms with Gasteiger partial charge in [-0.2, -0.15) is 0 Å². The standard InChI is InChI=1S/C19H20N6O/c1-24-13-21-23-18(24)15-9-16(11-20-10-15)22-19(26)17-7-8-25(17)12-14-5-3-2-4-6-14/h2-6,9-11,13,17H,7-8,12H2,1H3,(H,22,26). The number of nitrogens with one attached hydrogen (secondary N) is 1. The monoisotopic (exact) mass is 348 g/mol. The van der Waals surface area contributed by atoms with Crippen LogP contribution in [0, 0.1) is 0 Å². The van der Waals surface area contributed by atoms with E-state index in [9.17, 15) is 4.79 Å². The summed E-state index contributed by atoms with van der Waals surface area (Å²) in [4.78, 5) is 19.0. The van der Waals surface area contributed by atoms with E-state index < -0.39 is 0 Å². The van der Waals surface area contributed by atoms with Gasteiger partial charge in [-0.1, -0.05) is 30.3 Å². The topological polar surface area (TPSA) is 75.9 Å². The van der Waals surface area contributed by atoms with Gasteiger partial charge in [-0.15, -0.1) is 10.2 Å². The number of carbonyl (C=O) groups is 1. The quantitative estimate of drug-likeness (QED) is 0.764. The number of aryl methyl sites for hydroxylation is 1. The highest BCUT2D eigenvalue weighted by Crippen LogP contribution is 2.23. The molecule has 0 aliphatic carbocycles. The van der Waals surface area contributed by atoms with Crippen LogP contribution in [-0.2, 0) is 18.4 Å². The summed E-state index contributed by atoms with van der Waals surface area (Å²) in [6, 6.07) is 12.0. The molecule has 1 atom stereocenters. The van der Waals surface area contributed by atoms with E-state index in [1.54, 1.807) is 18.7 Å². The van der Waals surface area contributed by atoms with E-state index in [-0.39, 0.29) is 11.9 Å². The number of likely N-dealkylation sites (tertiary alicyclic amines) is 1. The summed E-state index contributed by atoms with van der Waals surface area (Å²) in [6.45, 7) is 1.72. The van der Waals surface area contributed by atoms with Gasteiger partial charge >= 0.3 is 0 Å². The Balaban J connectivity index is 1.43. The van der Waals surface area contributed by atoms with Crippen LogP contribution in [0.1, 0.15) is 12.0 Å². The first kappa shape index (κ1) is 16.4. The number of hydrogen-bond donors (Lipinski definition) is 1. The third-order valence-corrected chi connectivity index (χ3v) is 4.64. The molecule has 1 N–H and O–H groups in total. The van der Waals surface area contributed by atoms with Crippen molar-refractivity contribution >= 4 is 11.6 Å². The van der Waals surface area contributed by atoms with E-state index >= 15 is 0 Å². The average Bonchev–Trinajstić information content (AvgIpc) is 3.06. The maximum Gasteiger partial charge on any atom is 0.241 e. The fraction of sp³-hybridized carbons (Fsp3) is 0.263. The molecule has 132 valence electrons. The van der Waals surface area contributed by atoms with Crippen LogP contribution in [-0.4, -0.2) is 43.1 Å². The Morgan fingerprint density at radius 2 is 2.12 bits per heavy atom. The Hall–Kier alpha value is -3.06. The summed E-state index contributed by atoms with van der Waals surface area (Å²) in [6.07, 6.45) is 5.87. The number of anilines is 1. The van der Waals surface area contributed by atoms with Crippen molar-refractivity contribution in [1.29, 1.82) is 0 Å². The van der Waals surface area contributed by atoms with Crippen molar-refractivity contribution in [2.24, 2.45) is 7.05 Å². The number of rotatable bonds is 5. The Morgan fingerprint density at radius 1 is 1.27 bits per heavy atom. The molecule has 1 unspecified atom stereocenters. The van der Waals surface area contributed by atoms with E-state index in [0.29, 0.717) is 11.5 Å². The van der Waals surface area contributed by atoms with Crippen LogP contribution in [0.15, 0.2) is 55.1 Å². The lowest BCUT2D eigenvalue weighted by Gasteiger charge is -2.39. The Labute approximate surface area is 151 Å². The zero-order valence-corrected chi connectivity index (χ0v) is 14.5. The largest absolute Gasteiger partial charge is 0.323 e. The van der Waals surface area contributed by atoms with Crippen molar-refractivity contribution < 1.29 is 4.79 Å². The number of amides is 1. The van der Waals surface area contributed by atoms with Crippen LogP contribution in [0.25, 0.3) is 11.4 Å². The zero-order valence-electron chi connectivity index (χ0n) is 14.5. The predicted octanol–water partition coefficient (Wildman–Crippen LogP) is 2.09. The third kappa shape index (κ3) is 3.34. The fourth-order valence-corrected chi connectivity index (χ4v) is 3.15. The molecule has 1 amide bonds. The molecule has 1 saturated heterocycles. The highest BCUT2D eigenvalue weighted by atomic mass is 16.2. The molecule has 0 bridgehead atoms. The van der Waals surface area contributed by atoms with E-state index in [0.717, 1.165) is 25.1 Å². The van der Waals surface area contributed by atoms with Crippen molar-refractivity contribution in [3.8, 4) is 11.4 Å². The van der Waals surface area contributed by atoms with Crippen LogP contribution in [0.2, 0.25) is 0 Å². The number of nitrogens with zero attached hydrogens (tertiary/aromatic N) is 5. The summed E-state index contributed by atoms with van der Waals surface area (Å²) in [7, 11) is 1.87.